The van der Waals surface area contributed by atoms with Crippen LogP contribution in [0.5, 0.6) is 0 Å². The number of aliphatic hydroxyl groups excluding tert-OH is 1. The van der Waals surface area contributed by atoms with Gasteiger partial charge in [-0.15, -0.1) is 0 Å². The van der Waals surface area contributed by atoms with Gasteiger partial charge in [-0.2, -0.15) is 0 Å². The van der Waals surface area contributed by atoms with Gasteiger partial charge >= 0.3 is 0 Å². The minimum atomic E-state index is -0.257. The van der Waals surface area contributed by atoms with Gasteiger partial charge in [0.1, 0.15) is 0 Å². The molecule has 0 saturated carbocycles. The summed E-state index contributed by atoms with van der Waals surface area (Å²) in [7, 11) is 0. The SMILES string of the molecule is CC1(C)CN(C(C)(C)C)C(=O)C(CCO)N1. The molecule has 0 aromatic heterocycles. The highest BCUT2D eigenvalue weighted by Gasteiger charge is 2.41. The molecule has 1 aliphatic rings. The van der Waals surface area contributed by atoms with Gasteiger partial charge in [0.15, 0.2) is 0 Å². The molecule has 0 radical (unpaired) electrons. The standard InChI is InChI=1S/C12H24N2O2/c1-11(2,3)14-8-12(4,5)13-9(6-7-15)10(14)16/h9,13,15H,6-8H2,1-5H3. The van der Waals surface area contributed by atoms with Crippen molar-refractivity contribution in [2.24, 2.45) is 0 Å². The molecule has 0 spiro atoms. The number of piperazine rings is 1. The van der Waals surface area contributed by atoms with Crippen LogP contribution in [-0.2, 0) is 4.79 Å². The van der Waals surface area contributed by atoms with Crippen molar-refractivity contribution in [1.82, 2.24) is 10.2 Å². The lowest BCUT2D eigenvalue weighted by atomic mass is 9.92. The molecular weight excluding hydrogens is 204 g/mol. The summed E-state index contributed by atoms with van der Waals surface area (Å²) in [5, 5.41) is 12.3. The summed E-state index contributed by atoms with van der Waals surface area (Å²) >= 11 is 0. The quantitative estimate of drug-likeness (QED) is 0.733. The van der Waals surface area contributed by atoms with Crippen LogP contribution in [0.4, 0.5) is 0 Å². The number of carbonyl (C=O) groups is 1. The number of amides is 1. The van der Waals surface area contributed by atoms with Crippen LogP contribution < -0.4 is 5.32 Å². The summed E-state index contributed by atoms with van der Waals surface area (Å²) < 4.78 is 0. The Morgan fingerprint density at radius 1 is 1.50 bits per heavy atom. The zero-order valence-electron chi connectivity index (χ0n) is 11.0. The van der Waals surface area contributed by atoms with Crippen LogP contribution in [0.15, 0.2) is 0 Å². The number of aliphatic hydroxyl groups is 1. The first-order valence-corrected chi connectivity index (χ1v) is 5.87. The fourth-order valence-electron chi connectivity index (χ4n) is 2.13. The Kier molecular flexibility index (Phi) is 3.65. The minimum absolute atomic E-state index is 0.0392. The van der Waals surface area contributed by atoms with Gasteiger partial charge in [-0.1, -0.05) is 0 Å². The largest absolute Gasteiger partial charge is 0.396 e. The lowest BCUT2D eigenvalue weighted by Crippen LogP contribution is -2.68. The van der Waals surface area contributed by atoms with Crippen molar-refractivity contribution in [1.29, 1.82) is 0 Å². The second-order valence-electron chi connectivity index (χ2n) is 6.19. The van der Waals surface area contributed by atoms with Crippen LogP contribution in [0.3, 0.4) is 0 Å². The maximum Gasteiger partial charge on any atom is 0.240 e. The number of hydrogen-bond acceptors (Lipinski definition) is 3. The smallest absolute Gasteiger partial charge is 0.240 e. The first kappa shape index (κ1) is 13.5. The third kappa shape index (κ3) is 2.95. The van der Waals surface area contributed by atoms with Crippen LogP contribution >= 0.6 is 0 Å². The molecule has 0 bridgehead atoms. The van der Waals surface area contributed by atoms with Crippen molar-refractivity contribution < 1.29 is 9.90 Å². The normalized spacial score (nSPS) is 26.0. The summed E-state index contributed by atoms with van der Waals surface area (Å²) in [5.74, 6) is 0.0980. The molecular formula is C12H24N2O2. The van der Waals surface area contributed by atoms with E-state index in [0.717, 1.165) is 0 Å². The zero-order valence-corrected chi connectivity index (χ0v) is 11.0. The third-order valence-electron chi connectivity index (χ3n) is 2.91. The molecule has 4 nitrogen and oxygen atoms in total. The maximum absolute atomic E-state index is 12.2. The maximum atomic E-state index is 12.2. The van der Waals surface area contributed by atoms with Gasteiger partial charge in [0.25, 0.3) is 0 Å². The molecule has 16 heavy (non-hydrogen) atoms. The van der Waals surface area contributed by atoms with E-state index in [4.69, 9.17) is 5.11 Å². The number of nitrogens with zero attached hydrogens (tertiary/aromatic N) is 1. The van der Waals surface area contributed by atoms with Crippen molar-refractivity contribution in [3.8, 4) is 0 Å². The first-order chi connectivity index (χ1) is 7.17. The van der Waals surface area contributed by atoms with Crippen molar-refractivity contribution in [3.63, 3.8) is 0 Å². The fraction of sp³-hybridized carbons (Fsp3) is 0.917. The Bertz CT molecular complexity index is 269. The highest BCUT2D eigenvalue weighted by Crippen LogP contribution is 2.24. The number of carbonyl (C=O) groups excluding carboxylic acids is 1. The molecule has 0 aliphatic carbocycles. The van der Waals surface area contributed by atoms with Gasteiger partial charge < -0.3 is 10.0 Å². The Balaban J connectivity index is 2.89. The van der Waals surface area contributed by atoms with E-state index in [1.54, 1.807) is 0 Å². The lowest BCUT2D eigenvalue weighted by molar-refractivity contribution is -0.145. The zero-order chi connectivity index (χ0) is 12.6. The molecule has 4 heteroatoms. The average Bonchev–Trinajstić information content (AvgIpc) is 2.09. The average molecular weight is 228 g/mol. The molecule has 1 amide bonds. The molecule has 1 rings (SSSR count). The van der Waals surface area contributed by atoms with Crippen LogP contribution in [0.1, 0.15) is 41.0 Å². The summed E-state index contributed by atoms with van der Waals surface area (Å²) in [6, 6.07) is -0.257. The second-order valence-corrected chi connectivity index (χ2v) is 6.19. The van der Waals surface area contributed by atoms with Crippen molar-refractivity contribution in [2.45, 2.75) is 58.2 Å². The van der Waals surface area contributed by atoms with E-state index >= 15 is 0 Å². The second kappa shape index (κ2) is 4.34. The van der Waals surface area contributed by atoms with Crippen molar-refractivity contribution in [2.75, 3.05) is 13.2 Å². The van der Waals surface area contributed by atoms with Gasteiger partial charge in [0.2, 0.25) is 5.91 Å². The summed E-state index contributed by atoms with van der Waals surface area (Å²) in [4.78, 5) is 14.1. The third-order valence-corrected chi connectivity index (χ3v) is 2.91. The molecule has 1 heterocycles. The predicted octanol–water partition coefficient (Wildman–Crippen LogP) is 0.746. The molecule has 0 aromatic rings. The molecule has 1 aliphatic heterocycles. The van der Waals surface area contributed by atoms with Crippen LogP contribution in [0.2, 0.25) is 0 Å². The van der Waals surface area contributed by atoms with Gasteiger partial charge in [-0.25, -0.2) is 0 Å². The number of hydrogen-bond donors (Lipinski definition) is 2. The van der Waals surface area contributed by atoms with Gasteiger partial charge in [0.05, 0.1) is 6.04 Å². The van der Waals surface area contributed by atoms with Crippen LogP contribution in [-0.4, -0.2) is 46.2 Å². The Hall–Kier alpha value is -0.610. The van der Waals surface area contributed by atoms with Crippen molar-refractivity contribution >= 4 is 5.91 Å². The number of nitrogens with one attached hydrogen (secondary N) is 1. The Morgan fingerprint density at radius 3 is 2.50 bits per heavy atom. The van der Waals surface area contributed by atoms with Crippen molar-refractivity contribution in [3.05, 3.63) is 0 Å². The fourth-order valence-corrected chi connectivity index (χ4v) is 2.13. The van der Waals surface area contributed by atoms with E-state index in [2.05, 4.69) is 19.2 Å². The molecule has 1 fully saturated rings. The molecule has 1 unspecified atom stereocenters. The first-order valence-electron chi connectivity index (χ1n) is 5.87. The van der Waals surface area contributed by atoms with E-state index < -0.39 is 0 Å². The monoisotopic (exact) mass is 228 g/mol. The summed E-state index contributed by atoms with van der Waals surface area (Å²) in [5.41, 5.74) is -0.259. The topological polar surface area (TPSA) is 52.6 Å². The van der Waals surface area contributed by atoms with Gasteiger partial charge in [-0.3, -0.25) is 10.1 Å². The highest BCUT2D eigenvalue weighted by atomic mass is 16.3. The Labute approximate surface area is 98.0 Å². The number of rotatable bonds is 2. The molecule has 2 N–H and O–H groups in total. The van der Waals surface area contributed by atoms with Gasteiger partial charge in [0, 0.05) is 24.2 Å². The van der Waals surface area contributed by atoms with Crippen LogP contribution in [0, 0.1) is 0 Å². The highest BCUT2D eigenvalue weighted by molar-refractivity contribution is 5.83. The molecule has 94 valence electrons. The van der Waals surface area contributed by atoms with E-state index in [0.29, 0.717) is 13.0 Å². The van der Waals surface area contributed by atoms with E-state index in [1.807, 2.05) is 25.7 Å². The molecule has 1 saturated heterocycles. The van der Waals surface area contributed by atoms with E-state index in [-0.39, 0.29) is 29.6 Å². The predicted molar refractivity (Wildman–Crippen MR) is 64.2 cm³/mol. The van der Waals surface area contributed by atoms with E-state index in [1.165, 1.54) is 0 Å². The Morgan fingerprint density at radius 2 is 2.06 bits per heavy atom. The minimum Gasteiger partial charge on any atom is -0.396 e. The molecule has 0 aromatic carbocycles. The summed E-state index contributed by atoms with van der Waals surface area (Å²) in [6.07, 6.45) is 0.481. The lowest BCUT2D eigenvalue weighted by Gasteiger charge is -2.48. The van der Waals surface area contributed by atoms with Crippen LogP contribution in [0.25, 0.3) is 0 Å². The molecule has 1 atom stereocenters. The van der Waals surface area contributed by atoms with Gasteiger partial charge in [-0.05, 0) is 41.0 Å². The summed E-state index contributed by atoms with van der Waals surface area (Å²) in [6.45, 7) is 11.0. The van der Waals surface area contributed by atoms with E-state index in [9.17, 15) is 4.79 Å².